The van der Waals surface area contributed by atoms with Gasteiger partial charge in [0.15, 0.2) is 0 Å². The Kier molecular flexibility index (Phi) is 9.20. The standard InChI is InChI=1S/C62H42N2/c1-3-19-43(20-4-1)59-57(45-33-37-47(38-34-45)63-55-31-15-23-41-17-7-9-25-49(41)55)58(46-35-39-48(40-36-46)64-56-32-16-24-42-18-8-10-26-50(42)56)60(44-21-5-2-6-22-44)62-54-30-14-12-28-52(54)51-27-11-13-29-53(51)61(59)62/h1-40,63-64H. The monoisotopic (exact) mass is 814 g/mol. The maximum absolute atomic E-state index is 3.76. The van der Waals surface area contributed by atoms with Gasteiger partial charge in [-0.3, -0.25) is 0 Å². The van der Waals surface area contributed by atoms with Gasteiger partial charge in [0.2, 0.25) is 0 Å². The van der Waals surface area contributed by atoms with Crippen LogP contribution in [-0.4, -0.2) is 0 Å². The molecule has 64 heavy (non-hydrogen) atoms. The van der Waals surface area contributed by atoms with E-state index in [-0.39, 0.29) is 0 Å². The third kappa shape index (κ3) is 6.44. The Bertz CT molecular complexity index is 3430. The zero-order valence-electron chi connectivity index (χ0n) is 35.1. The quantitative estimate of drug-likeness (QED) is 0.149. The molecule has 0 saturated heterocycles. The molecule has 0 bridgehead atoms. The van der Waals surface area contributed by atoms with Crippen LogP contribution in [0.5, 0.6) is 0 Å². The highest BCUT2D eigenvalue weighted by Gasteiger charge is 2.27. The Balaban J connectivity index is 1.17. The molecule has 12 rings (SSSR count). The minimum Gasteiger partial charge on any atom is -0.355 e. The van der Waals surface area contributed by atoms with E-state index in [9.17, 15) is 0 Å². The van der Waals surface area contributed by atoms with E-state index in [1.54, 1.807) is 0 Å². The molecule has 0 atom stereocenters. The molecule has 300 valence electrons. The summed E-state index contributed by atoms with van der Waals surface area (Å²) in [5.74, 6) is 0. The Morgan fingerprint density at radius 2 is 0.516 bits per heavy atom. The van der Waals surface area contributed by atoms with E-state index < -0.39 is 0 Å². The van der Waals surface area contributed by atoms with E-state index in [0.717, 1.165) is 33.9 Å². The Labute approximate surface area is 372 Å². The van der Waals surface area contributed by atoms with Gasteiger partial charge in [-0.1, -0.05) is 206 Å². The van der Waals surface area contributed by atoms with Crippen molar-refractivity contribution >= 4 is 76.6 Å². The van der Waals surface area contributed by atoms with Crippen LogP contribution in [0, 0.1) is 0 Å². The lowest BCUT2D eigenvalue weighted by molar-refractivity contribution is 1.54. The SMILES string of the molecule is c1ccc(-c2c(-c3ccc(Nc4cccc5ccccc45)cc3)c(-c3ccc(Nc4cccc5ccccc45)cc3)c(-c3ccccc3)c3c4ccccc4c4ccccc4c23)cc1. The normalized spacial score (nSPS) is 11.4. The molecule has 0 aliphatic heterocycles. The second kappa shape index (κ2) is 15.8. The third-order valence-corrected chi connectivity index (χ3v) is 12.8. The van der Waals surface area contributed by atoms with Crippen LogP contribution in [0.4, 0.5) is 22.7 Å². The van der Waals surface area contributed by atoms with Crippen molar-refractivity contribution in [3.05, 3.63) is 243 Å². The highest BCUT2D eigenvalue weighted by Crippen LogP contribution is 2.54. The molecule has 0 aromatic heterocycles. The number of hydrogen-bond donors (Lipinski definition) is 2. The predicted octanol–water partition coefficient (Wildman–Crippen LogP) is 17.6. The van der Waals surface area contributed by atoms with Gasteiger partial charge in [-0.25, -0.2) is 0 Å². The summed E-state index contributed by atoms with van der Waals surface area (Å²) in [5.41, 5.74) is 13.7. The Morgan fingerprint density at radius 3 is 0.922 bits per heavy atom. The summed E-state index contributed by atoms with van der Waals surface area (Å²) in [6, 6.07) is 88.1. The molecule has 0 aliphatic carbocycles. The fourth-order valence-corrected chi connectivity index (χ4v) is 9.95. The smallest absolute Gasteiger partial charge is 0.0463 e. The second-order valence-corrected chi connectivity index (χ2v) is 16.5. The molecule has 0 spiro atoms. The van der Waals surface area contributed by atoms with E-state index in [2.05, 4.69) is 253 Å². The molecule has 0 saturated carbocycles. The molecule has 0 heterocycles. The van der Waals surface area contributed by atoms with Gasteiger partial charge in [-0.15, -0.1) is 0 Å². The van der Waals surface area contributed by atoms with Crippen molar-refractivity contribution in [3.63, 3.8) is 0 Å². The molecule has 2 heteroatoms. The summed E-state index contributed by atoms with van der Waals surface area (Å²) in [6.45, 7) is 0. The van der Waals surface area contributed by atoms with Crippen LogP contribution in [0.25, 0.3) is 98.4 Å². The van der Waals surface area contributed by atoms with Crippen LogP contribution in [0.1, 0.15) is 0 Å². The van der Waals surface area contributed by atoms with Crippen LogP contribution in [0.2, 0.25) is 0 Å². The zero-order valence-corrected chi connectivity index (χ0v) is 35.1. The average Bonchev–Trinajstić information content (AvgIpc) is 3.37. The van der Waals surface area contributed by atoms with Crippen molar-refractivity contribution in [3.8, 4) is 44.5 Å². The summed E-state index contributed by atoms with van der Waals surface area (Å²) in [4.78, 5) is 0. The van der Waals surface area contributed by atoms with Crippen LogP contribution in [0.3, 0.4) is 0 Å². The molecule has 0 aliphatic rings. The van der Waals surface area contributed by atoms with Crippen molar-refractivity contribution < 1.29 is 0 Å². The predicted molar refractivity (Wildman–Crippen MR) is 275 cm³/mol. The summed E-state index contributed by atoms with van der Waals surface area (Å²) in [7, 11) is 0. The number of nitrogens with one attached hydrogen (secondary N) is 2. The lowest BCUT2D eigenvalue weighted by atomic mass is 9.76. The van der Waals surface area contributed by atoms with Gasteiger partial charge in [-0.05, 0) is 124 Å². The lowest BCUT2D eigenvalue weighted by Gasteiger charge is -2.26. The largest absolute Gasteiger partial charge is 0.355 e. The van der Waals surface area contributed by atoms with Crippen molar-refractivity contribution in [1.29, 1.82) is 0 Å². The van der Waals surface area contributed by atoms with Crippen LogP contribution < -0.4 is 10.6 Å². The van der Waals surface area contributed by atoms with Crippen LogP contribution in [-0.2, 0) is 0 Å². The van der Waals surface area contributed by atoms with Gasteiger partial charge in [-0.2, -0.15) is 0 Å². The average molecular weight is 815 g/mol. The van der Waals surface area contributed by atoms with Gasteiger partial charge in [0.05, 0.1) is 0 Å². The molecule has 0 radical (unpaired) electrons. The molecular weight excluding hydrogens is 773 g/mol. The number of rotatable bonds is 8. The molecule has 0 amide bonds. The maximum atomic E-state index is 3.76. The Morgan fingerprint density at radius 1 is 0.203 bits per heavy atom. The van der Waals surface area contributed by atoms with Crippen molar-refractivity contribution in [1.82, 2.24) is 0 Å². The van der Waals surface area contributed by atoms with E-state index >= 15 is 0 Å². The van der Waals surface area contributed by atoms with Crippen molar-refractivity contribution in [2.45, 2.75) is 0 Å². The molecule has 12 aromatic carbocycles. The first-order chi connectivity index (χ1) is 31.8. The first-order valence-electron chi connectivity index (χ1n) is 22.0. The first-order valence-corrected chi connectivity index (χ1v) is 22.0. The van der Waals surface area contributed by atoms with Crippen LogP contribution in [0.15, 0.2) is 243 Å². The van der Waals surface area contributed by atoms with E-state index in [1.165, 1.54) is 87.2 Å². The van der Waals surface area contributed by atoms with Gasteiger partial charge < -0.3 is 10.6 Å². The fourth-order valence-electron chi connectivity index (χ4n) is 9.95. The number of anilines is 4. The molecular formula is C62H42N2. The second-order valence-electron chi connectivity index (χ2n) is 16.5. The highest BCUT2D eigenvalue weighted by molar-refractivity contribution is 6.35. The third-order valence-electron chi connectivity index (χ3n) is 12.8. The number of fused-ring (bicyclic) bond motifs is 8. The summed E-state index contributed by atoms with van der Waals surface area (Å²) in [5, 5.41) is 19.8. The Hall–Kier alpha value is -8.46. The minimum absolute atomic E-state index is 1.03. The summed E-state index contributed by atoms with van der Waals surface area (Å²) < 4.78 is 0. The van der Waals surface area contributed by atoms with Crippen molar-refractivity contribution in [2.75, 3.05) is 10.6 Å². The molecule has 2 nitrogen and oxygen atoms in total. The first kappa shape index (κ1) is 37.3. The van der Waals surface area contributed by atoms with Gasteiger partial charge >= 0.3 is 0 Å². The summed E-state index contributed by atoms with van der Waals surface area (Å²) >= 11 is 0. The lowest BCUT2D eigenvalue weighted by Crippen LogP contribution is -2.00. The number of hydrogen-bond acceptors (Lipinski definition) is 2. The van der Waals surface area contributed by atoms with Crippen molar-refractivity contribution in [2.24, 2.45) is 0 Å². The summed E-state index contributed by atoms with van der Waals surface area (Å²) in [6.07, 6.45) is 0. The van der Waals surface area contributed by atoms with Gasteiger partial charge in [0, 0.05) is 33.5 Å². The topological polar surface area (TPSA) is 24.1 Å². The van der Waals surface area contributed by atoms with E-state index in [4.69, 9.17) is 0 Å². The van der Waals surface area contributed by atoms with E-state index in [0.29, 0.717) is 0 Å². The van der Waals surface area contributed by atoms with Crippen LogP contribution >= 0.6 is 0 Å². The number of benzene rings is 12. The molecule has 2 N–H and O–H groups in total. The highest BCUT2D eigenvalue weighted by atomic mass is 14.9. The molecule has 0 fully saturated rings. The minimum atomic E-state index is 1.03. The molecule has 0 unspecified atom stereocenters. The van der Waals surface area contributed by atoms with Gasteiger partial charge in [0.1, 0.15) is 0 Å². The fraction of sp³-hybridized carbons (Fsp3) is 0. The molecule has 12 aromatic rings. The maximum Gasteiger partial charge on any atom is 0.0463 e. The zero-order chi connectivity index (χ0) is 42.4. The van der Waals surface area contributed by atoms with E-state index in [1.807, 2.05) is 0 Å². The van der Waals surface area contributed by atoms with Gasteiger partial charge in [0.25, 0.3) is 0 Å².